The lowest BCUT2D eigenvalue weighted by atomic mass is 10.0. The number of carbonyl (C=O) groups is 1. The summed E-state index contributed by atoms with van der Waals surface area (Å²) in [7, 11) is 0. The van der Waals surface area contributed by atoms with E-state index in [4.69, 9.17) is 14.5 Å². The summed E-state index contributed by atoms with van der Waals surface area (Å²) in [5.74, 6) is 0.0739. The number of amides is 1. The van der Waals surface area contributed by atoms with Crippen LogP contribution >= 0.6 is 0 Å². The highest BCUT2D eigenvalue weighted by Gasteiger charge is 2.29. The Morgan fingerprint density at radius 3 is 3.04 bits per heavy atom. The van der Waals surface area contributed by atoms with E-state index in [9.17, 15) is 9.59 Å². The van der Waals surface area contributed by atoms with Crippen LogP contribution in [0.3, 0.4) is 0 Å². The summed E-state index contributed by atoms with van der Waals surface area (Å²) in [6, 6.07) is 1.59. The molecule has 2 aliphatic rings. The average molecular weight is 388 g/mol. The Morgan fingerprint density at radius 1 is 1.43 bits per heavy atom. The van der Waals surface area contributed by atoms with Crippen molar-refractivity contribution in [3.8, 4) is 0 Å². The summed E-state index contributed by atoms with van der Waals surface area (Å²) in [6.45, 7) is 6.61. The molecule has 0 unspecified atom stereocenters. The van der Waals surface area contributed by atoms with Crippen LogP contribution in [0.4, 0.5) is 0 Å². The molecule has 2 fully saturated rings. The number of fused-ring (bicyclic) bond motifs is 1. The Balaban J connectivity index is 1.40. The van der Waals surface area contributed by atoms with Gasteiger partial charge in [-0.1, -0.05) is 6.92 Å². The molecule has 28 heavy (non-hydrogen) atoms. The maximum absolute atomic E-state index is 12.5. The fourth-order valence-electron chi connectivity index (χ4n) is 4.22. The molecule has 1 N–H and O–H groups in total. The third kappa shape index (κ3) is 3.71. The van der Waals surface area contributed by atoms with Crippen LogP contribution in [0.2, 0.25) is 0 Å². The number of likely N-dealkylation sites (tertiary alicyclic amines) is 1. The second-order valence-corrected chi connectivity index (χ2v) is 7.72. The molecule has 8 heteroatoms. The summed E-state index contributed by atoms with van der Waals surface area (Å²) >= 11 is 0. The van der Waals surface area contributed by atoms with E-state index < -0.39 is 0 Å². The van der Waals surface area contributed by atoms with Crippen molar-refractivity contribution >= 4 is 11.6 Å². The largest absolute Gasteiger partial charge is 0.376 e. The monoisotopic (exact) mass is 388 g/mol. The number of aromatic nitrogens is 3. The van der Waals surface area contributed by atoms with Crippen LogP contribution < -0.4 is 5.56 Å². The van der Waals surface area contributed by atoms with Crippen molar-refractivity contribution in [3.05, 3.63) is 33.4 Å². The Bertz CT molecular complexity index is 913. The second kappa shape index (κ2) is 8.05. The molecule has 8 nitrogen and oxygen atoms in total. The van der Waals surface area contributed by atoms with Gasteiger partial charge in [0.15, 0.2) is 5.65 Å². The van der Waals surface area contributed by atoms with Crippen LogP contribution in [0.15, 0.2) is 10.9 Å². The molecule has 0 aliphatic carbocycles. The van der Waals surface area contributed by atoms with Gasteiger partial charge in [-0.05, 0) is 32.6 Å². The summed E-state index contributed by atoms with van der Waals surface area (Å²) in [6.07, 6.45) is 3.81. The van der Waals surface area contributed by atoms with Crippen molar-refractivity contribution in [3.63, 3.8) is 0 Å². The molecule has 0 aromatic carbocycles. The molecule has 2 aliphatic heterocycles. The van der Waals surface area contributed by atoms with E-state index in [1.165, 1.54) is 4.52 Å². The average Bonchev–Trinajstić information content (AvgIpc) is 3.41. The number of nitrogens with one attached hydrogen (secondary N) is 1. The zero-order valence-electron chi connectivity index (χ0n) is 16.6. The maximum Gasteiger partial charge on any atom is 0.272 e. The molecule has 0 spiro atoms. The zero-order valence-corrected chi connectivity index (χ0v) is 16.6. The van der Waals surface area contributed by atoms with Crippen LogP contribution in [0.1, 0.15) is 49.1 Å². The molecular formula is C20H28N4O4. The molecule has 0 radical (unpaired) electrons. The van der Waals surface area contributed by atoms with Gasteiger partial charge < -0.3 is 14.4 Å². The molecule has 2 saturated heterocycles. The van der Waals surface area contributed by atoms with Gasteiger partial charge in [-0.15, -0.1) is 0 Å². The maximum atomic E-state index is 12.5. The molecular weight excluding hydrogens is 360 g/mol. The molecule has 1 amide bonds. The molecule has 4 heterocycles. The smallest absolute Gasteiger partial charge is 0.272 e. The Kier molecular flexibility index (Phi) is 5.50. The van der Waals surface area contributed by atoms with E-state index in [0.29, 0.717) is 25.3 Å². The van der Waals surface area contributed by atoms with Gasteiger partial charge in [0.25, 0.3) is 5.56 Å². The third-order valence-corrected chi connectivity index (χ3v) is 5.81. The first-order valence-electron chi connectivity index (χ1n) is 10.1. The number of hydrogen-bond donors (Lipinski definition) is 1. The molecule has 2 aromatic rings. The van der Waals surface area contributed by atoms with Crippen molar-refractivity contribution < 1.29 is 14.3 Å². The topological polar surface area (TPSA) is 88.9 Å². The van der Waals surface area contributed by atoms with Crippen molar-refractivity contribution in [2.75, 3.05) is 32.9 Å². The van der Waals surface area contributed by atoms with E-state index >= 15 is 0 Å². The Morgan fingerprint density at radius 2 is 2.29 bits per heavy atom. The van der Waals surface area contributed by atoms with Gasteiger partial charge in [-0.2, -0.15) is 0 Å². The van der Waals surface area contributed by atoms with Crippen molar-refractivity contribution in [1.82, 2.24) is 19.5 Å². The highest BCUT2D eigenvalue weighted by atomic mass is 16.5. The van der Waals surface area contributed by atoms with Crippen LogP contribution in [0.25, 0.3) is 5.65 Å². The van der Waals surface area contributed by atoms with Gasteiger partial charge in [0.2, 0.25) is 5.91 Å². The van der Waals surface area contributed by atoms with Crippen molar-refractivity contribution in [2.45, 2.75) is 51.6 Å². The summed E-state index contributed by atoms with van der Waals surface area (Å²) in [5, 5.41) is 3.09. The van der Waals surface area contributed by atoms with Gasteiger partial charge >= 0.3 is 0 Å². The minimum absolute atomic E-state index is 0.00923. The fourth-order valence-corrected chi connectivity index (χ4v) is 4.22. The quantitative estimate of drug-likeness (QED) is 0.808. The van der Waals surface area contributed by atoms with Gasteiger partial charge in [-0.3, -0.25) is 14.7 Å². The molecule has 0 bridgehead atoms. The van der Waals surface area contributed by atoms with Crippen molar-refractivity contribution in [1.29, 1.82) is 0 Å². The van der Waals surface area contributed by atoms with Crippen LogP contribution in [0.5, 0.6) is 0 Å². The van der Waals surface area contributed by atoms with Crippen molar-refractivity contribution in [2.24, 2.45) is 0 Å². The molecule has 2 atom stereocenters. The van der Waals surface area contributed by atoms with E-state index in [-0.39, 0.29) is 30.1 Å². The van der Waals surface area contributed by atoms with Crippen LogP contribution in [0, 0.1) is 6.92 Å². The number of hydrogen-bond acceptors (Lipinski definition) is 5. The number of aromatic amines is 1. The molecule has 152 valence electrons. The number of carbonyl (C=O) groups excluding carboxylic acids is 1. The molecule has 4 rings (SSSR count). The number of ether oxygens (including phenoxy) is 2. The first-order valence-corrected chi connectivity index (χ1v) is 10.1. The lowest BCUT2D eigenvalue weighted by Crippen LogP contribution is -2.33. The number of nitrogens with zero attached hydrogens (tertiary/aromatic N) is 3. The number of H-pyrrole nitrogens is 1. The first kappa shape index (κ1) is 19.1. The minimum atomic E-state index is -0.104. The van der Waals surface area contributed by atoms with Crippen LogP contribution in [-0.4, -0.2) is 64.4 Å². The lowest BCUT2D eigenvalue weighted by molar-refractivity contribution is -0.136. The number of rotatable bonds is 6. The van der Waals surface area contributed by atoms with E-state index in [0.717, 1.165) is 49.2 Å². The fraction of sp³-hybridized carbons (Fsp3) is 0.650. The minimum Gasteiger partial charge on any atom is -0.376 e. The Hall–Kier alpha value is -2.19. The SMILES string of the molecule is CCc1c(C)[nH]n2c(=O)cc([C@H]3CCN(C(=O)COC[C@@H]4CCCO4)C3)nc12. The third-order valence-electron chi connectivity index (χ3n) is 5.81. The Labute approximate surface area is 163 Å². The summed E-state index contributed by atoms with van der Waals surface area (Å²) in [5.41, 5.74) is 3.40. The molecule has 0 saturated carbocycles. The highest BCUT2D eigenvalue weighted by molar-refractivity contribution is 5.77. The van der Waals surface area contributed by atoms with E-state index in [1.54, 1.807) is 6.07 Å². The van der Waals surface area contributed by atoms with Gasteiger partial charge in [-0.25, -0.2) is 9.50 Å². The van der Waals surface area contributed by atoms with E-state index in [1.807, 2.05) is 11.8 Å². The van der Waals surface area contributed by atoms with Gasteiger partial charge in [0.1, 0.15) is 6.61 Å². The van der Waals surface area contributed by atoms with Gasteiger partial charge in [0.05, 0.1) is 18.4 Å². The van der Waals surface area contributed by atoms with Gasteiger partial charge in [0, 0.05) is 42.9 Å². The standard InChI is InChI=1S/C20H28N4O4/c1-3-16-13(2)22-24-18(25)9-17(21-20(16)24)14-6-7-23(10-14)19(26)12-27-11-15-5-4-8-28-15/h9,14-15,22H,3-8,10-12H2,1-2H3/t14-,15-/m0/s1. The predicted molar refractivity (Wildman–Crippen MR) is 104 cm³/mol. The first-order chi connectivity index (χ1) is 13.6. The second-order valence-electron chi connectivity index (χ2n) is 7.72. The van der Waals surface area contributed by atoms with E-state index in [2.05, 4.69) is 12.0 Å². The van der Waals surface area contributed by atoms with Crippen LogP contribution in [-0.2, 0) is 20.7 Å². The predicted octanol–water partition coefficient (Wildman–Crippen LogP) is 1.40. The number of aryl methyl sites for hydroxylation is 2. The molecule has 2 aromatic heterocycles. The highest BCUT2D eigenvalue weighted by Crippen LogP contribution is 2.26. The normalized spacial score (nSPS) is 22.4. The summed E-state index contributed by atoms with van der Waals surface area (Å²) in [4.78, 5) is 31.5. The lowest BCUT2D eigenvalue weighted by Gasteiger charge is -2.17. The zero-order chi connectivity index (χ0) is 19.7. The summed E-state index contributed by atoms with van der Waals surface area (Å²) < 4.78 is 12.6.